The number of halogens is 8. The standard InChI is InChI=1S/C21H18Cl2F6N2O2/c1-3-17(32)30(15-9-5-7-13(22)11-15)19(20(24,25)26,21(27,28)29)31(18(33)4-2)16-10-6-8-14(23)12-16/h5-12H,3-4H2,1-2H3. The minimum Gasteiger partial charge on any atom is -0.274 e. The second kappa shape index (κ2) is 9.80. The fraction of sp³-hybridized carbons (Fsp3) is 0.333. The average Bonchev–Trinajstić information content (AvgIpc) is 2.71. The Morgan fingerprint density at radius 3 is 1.30 bits per heavy atom. The number of nitrogens with zero attached hydrogens (tertiary/aromatic N) is 2. The molecule has 0 fully saturated rings. The van der Waals surface area contributed by atoms with Gasteiger partial charge in [0.2, 0.25) is 11.8 Å². The van der Waals surface area contributed by atoms with Crippen LogP contribution in [0.3, 0.4) is 0 Å². The van der Waals surface area contributed by atoms with E-state index in [4.69, 9.17) is 23.2 Å². The maximum absolute atomic E-state index is 14.8. The van der Waals surface area contributed by atoms with E-state index in [0.29, 0.717) is 0 Å². The number of benzene rings is 2. The molecule has 0 saturated carbocycles. The molecule has 12 heteroatoms. The highest BCUT2D eigenvalue weighted by atomic mass is 35.5. The van der Waals surface area contributed by atoms with Crippen molar-refractivity contribution in [1.29, 1.82) is 0 Å². The highest BCUT2D eigenvalue weighted by molar-refractivity contribution is 6.31. The summed E-state index contributed by atoms with van der Waals surface area (Å²) >= 11 is 11.6. The van der Waals surface area contributed by atoms with E-state index in [1.807, 2.05) is 0 Å². The van der Waals surface area contributed by atoms with Gasteiger partial charge in [0.15, 0.2) is 0 Å². The highest BCUT2D eigenvalue weighted by Gasteiger charge is 2.79. The molecule has 0 heterocycles. The van der Waals surface area contributed by atoms with Crippen LogP contribution in [-0.2, 0) is 9.59 Å². The third kappa shape index (κ3) is 4.91. The summed E-state index contributed by atoms with van der Waals surface area (Å²) in [6.07, 6.45) is -13.9. The molecule has 0 atom stereocenters. The van der Waals surface area contributed by atoms with Gasteiger partial charge in [0, 0.05) is 34.3 Å². The van der Waals surface area contributed by atoms with Crippen molar-refractivity contribution in [3.63, 3.8) is 0 Å². The fourth-order valence-corrected chi connectivity index (χ4v) is 3.71. The molecule has 0 bridgehead atoms. The van der Waals surface area contributed by atoms with Crippen molar-refractivity contribution < 1.29 is 35.9 Å². The first-order chi connectivity index (χ1) is 15.2. The number of carbonyl (C=O) groups excluding carboxylic acids is 2. The predicted molar refractivity (Wildman–Crippen MR) is 113 cm³/mol. The van der Waals surface area contributed by atoms with E-state index in [-0.39, 0.29) is 10.0 Å². The van der Waals surface area contributed by atoms with Gasteiger partial charge in [-0.25, -0.2) is 0 Å². The van der Waals surface area contributed by atoms with E-state index in [0.717, 1.165) is 50.2 Å². The van der Waals surface area contributed by atoms with Crippen molar-refractivity contribution in [3.05, 3.63) is 58.6 Å². The number of rotatable bonds is 6. The zero-order valence-electron chi connectivity index (χ0n) is 17.3. The minimum absolute atomic E-state index is 0.212. The number of hydrogen-bond acceptors (Lipinski definition) is 2. The van der Waals surface area contributed by atoms with Crippen molar-refractivity contribution in [3.8, 4) is 0 Å². The molecule has 0 saturated heterocycles. The van der Waals surface area contributed by atoms with Crippen molar-refractivity contribution in [2.75, 3.05) is 9.80 Å². The van der Waals surface area contributed by atoms with Gasteiger partial charge in [-0.3, -0.25) is 19.4 Å². The third-order valence-electron chi connectivity index (χ3n) is 4.67. The first-order valence-corrected chi connectivity index (χ1v) is 10.3. The second-order valence-electron chi connectivity index (χ2n) is 6.79. The van der Waals surface area contributed by atoms with Gasteiger partial charge in [0.05, 0.1) is 0 Å². The summed E-state index contributed by atoms with van der Waals surface area (Å²) in [7, 11) is 0. The van der Waals surface area contributed by atoms with E-state index in [1.54, 1.807) is 0 Å². The monoisotopic (exact) mass is 514 g/mol. The molecular formula is C21H18Cl2F6N2O2. The average molecular weight is 515 g/mol. The molecule has 2 aromatic rings. The normalized spacial score (nSPS) is 12.4. The van der Waals surface area contributed by atoms with E-state index in [2.05, 4.69) is 0 Å². The van der Waals surface area contributed by atoms with Gasteiger partial charge in [-0.15, -0.1) is 0 Å². The zero-order valence-corrected chi connectivity index (χ0v) is 18.8. The Hall–Kier alpha value is -2.46. The summed E-state index contributed by atoms with van der Waals surface area (Å²) in [5, 5.41) is -0.424. The first kappa shape index (κ1) is 26.8. The van der Waals surface area contributed by atoms with Gasteiger partial charge >= 0.3 is 18.0 Å². The van der Waals surface area contributed by atoms with Crippen LogP contribution in [0.25, 0.3) is 0 Å². The third-order valence-corrected chi connectivity index (χ3v) is 5.14. The highest BCUT2D eigenvalue weighted by Crippen LogP contribution is 2.53. The largest absolute Gasteiger partial charge is 0.441 e. The number of amides is 2. The molecule has 0 aromatic heterocycles. The van der Waals surface area contributed by atoms with Crippen LogP contribution in [0.4, 0.5) is 37.7 Å². The Morgan fingerprint density at radius 1 is 0.727 bits per heavy atom. The molecule has 0 spiro atoms. The van der Waals surface area contributed by atoms with Crippen LogP contribution < -0.4 is 9.80 Å². The maximum Gasteiger partial charge on any atom is 0.441 e. The molecule has 0 aliphatic heterocycles. The van der Waals surface area contributed by atoms with Crippen LogP contribution in [-0.4, -0.2) is 29.8 Å². The fourth-order valence-electron chi connectivity index (χ4n) is 3.34. The molecule has 0 aliphatic carbocycles. The minimum atomic E-state index is -6.20. The number of alkyl halides is 6. The molecule has 4 nitrogen and oxygen atoms in total. The Kier molecular flexibility index (Phi) is 7.96. The van der Waals surface area contributed by atoms with Crippen molar-refractivity contribution in [2.45, 2.75) is 44.7 Å². The lowest BCUT2D eigenvalue weighted by Gasteiger charge is -2.51. The Balaban J connectivity index is 3.13. The summed E-state index contributed by atoms with van der Waals surface area (Å²) in [6.45, 7) is 2.20. The molecule has 180 valence electrons. The Bertz CT molecular complexity index is 945. The van der Waals surface area contributed by atoms with Crippen molar-refractivity contribution in [1.82, 2.24) is 0 Å². The van der Waals surface area contributed by atoms with Crippen LogP contribution >= 0.6 is 23.2 Å². The molecule has 2 rings (SSSR count). The van der Waals surface area contributed by atoms with Crippen molar-refractivity contribution in [2.24, 2.45) is 0 Å². The Morgan fingerprint density at radius 2 is 1.06 bits per heavy atom. The van der Waals surface area contributed by atoms with Crippen LogP contribution in [0.2, 0.25) is 10.0 Å². The maximum atomic E-state index is 14.8. The summed E-state index contributed by atoms with van der Waals surface area (Å²) < 4.78 is 88.6. The lowest BCUT2D eigenvalue weighted by Crippen LogP contribution is -2.79. The van der Waals surface area contributed by atoms with Gasteiger partial charge in [-0.2, -0.15) is 26.3 Å². The second-order valence-corrected chi connectivity index (χ2v) is 7.67. The molecule has 2 aromatic carbocycles. The van der Waals surface area contributed by atoms with Gasteiger partial charge in [0.1, 0.15) is 0 Å². The van der Waals surface area contributed by atoms with Crippen LogP contribution in [0.1, 0.15) is 26.7 Å². The van der Waals surface area contributed by atoms with E-state index < -0.39 is 63.8 Å². The first-order valence-electron chi connectivity index (χ1n) is 9.53. The van der Waals surface area contributed by atoms with Crippen LogP contribution in [0.15, 0.2) is 48.5 Å². The number of hydrogen-bond donors (Lipinski definition) is 0. The van der Waals surface area contributed by atoms with Gasteiger partial charge in [-0.05, 0) is 36.4 Å². The SMILES string of the molecule is CCC(=O)N(c1cccc(Cl)c1)C(N(C(=O)CC)c1cccc(Cl)c1)(C(F)(F)F)C(F)(F)F. The van der Waals surface area contributed by atoms with Crippen molar-refractivity contribution >= 4 is 46.4 Å². The van der Waals surface area contributed by atoms with Crippen LogP contribution in [0.5, 0.6) is 0 Å². The summed E-state index contributed by atoms with van der Waals surface area (Å²) in [5.74, 6) is -3.08. The lowest BCUT2D eigenvalue weighted by molar-refractivity contribution is -0.294. The molecule has 0 radical (unpaired) electrons. The van der Waals surface area contributed by atoms with Gasteiger partial charge in [0.25, 0.3) is 0 Å². The van der Waals surface area contributed by atoms with E-state index >= 15 is 0 Å². The topological polar surface area (TPSA) is 40.6 Å². The van der Waals surface area contributed by atoms with Gasteiger partial charge in [-0.1, -0.05) is 49.2 Å². The lowest BCUT2D eigenvalue weighted by atomic mass is 9.99. The predicted octanol–water partition coefficient (Wildman–Crippen LogP) is 7.00. The van der Waals surface area contributed by atoms with E-state index in [9.17, 15) is 35.9 Å². The molecule has 0 N–H and O–H groups in total. The number of carbonyl (C=O) groups is 2. The molecule has 33 heavy (non-hydrogen) atoms. The van der Waals surface area contributed by atoms with E-state index in [1.165, 1.54) is 12.1 Å². The molecule has 2 amide bonds. The smallest absolute Gasteiger partial charge is 0.274 e. The van der Waals surface area contributed by atoms with Crippen LogP contribution in [0, 0.1) is 0 Å². The Labute approximate surface area is 195 Å². The van der Waals surface area contributed by atoms with Gasteiger partial charge < -0.3 is 0 Å². The molecule has 0 aliphatic rings. The molecular weight excluding hydrogens is 497 g/mol. The zero-order chi connectivity index (χ0) is 25.2. The molecule has 0 unspecified atom stereocenters. The summed E-state index contributed by atoms with van der Waals surface area (Å²) in [5.41, 5.74) is -6.69. The summed E-state index contributed by atoms with van der Waals surface area (Å²) in [6, 6.07) is 7.94. The summed E-state index contributed by atoms with van der Waals surface area (Å²) in [4.78, 5) is 24.7. The quantitative estimate of drug-likeness (QED) is 0.307. The number of anilines is 2.